The molecule has 0 aliphatic heterocycles. The minimum atomic E-state index is -1.12. The van der Waals surface area contributed by atoms with Crippen LogP contribution in [0.15, 0.2) is 30.3 Å². The van der Waals surface area contributed by atoms with Gasteiger partial charge in [-0.15, -0.1) is 0 Å². The first-order chi connectivity index (χ1) is 13.3. The molecule has 7 N–H and O–H groups in total. The molecule has 1 aromatic carbocycles. The molecule has 0 radical (unpaired) electrons. The molecule has 0 aliphatic rings. The molecule has 0 saturated carbocycles. The molecule has 2 unspecified atom stereocenters. The highest BCUT2D eigenvalue weighted by molar-refractivity contribution is 5.92. The van der Waals surface area contributed by atoms with Crippen LogP contribution in [-0.4, -0.2) is 47.6 Å². The number of hydrogen-bond donors (Lipinski definition) is 5. The average Bonchev–Trinajstić information content (AvgIpc) is 2.66. The molecule has 0 saturated heterocycles. The van der Waals surface area contributed by atoms with Gasteiger partial charge in [-0.25, -0.2) is 4.79 Å². The third-order valence-electron chi connectivity index (χ3n) is 4.50. The summed E-state index contributed by atoms with van der Waals surface area (Å²) < 4.78 is 0. The van der Waals surface area contributed by atoms with Crippen LogP contribution < -0.4 is 22.1 Å². The van der Waals surface area contributed by atoms with Crippen LogP contribution in [0, 0.1) is 5.92 Å². The highest BCUT2D eigenvalue weighted by Crippen LogP contribution is 2.07. The van der Waals surface area contributed by atoms with Gasteiger partial charge in [0.1, 0.15) is 12.1 Å². The van der Waals surface area contributed by atoms with Crippen LogP contribution in [-0.2, 0) is 20.8 Å². The normalized spacial score (nSPS) is 14.2. The zero-order valence-electron chi connectivity index (χ0n) is 16.6. The van der Waals surface area contributed by atoms with Crippen molar-refractivity contribution >= 4 is 17.8 Å². The van der Waals surface area contributed by atoms with E-state index < -0.39 is 35.9 Å². The summed E-state index contributed by atoms with van der Waals surface area (Å²) in [6.45, 7) is 4.09. The molecule has 8 heteroatoms. The van der Waals surface area contributed by atoms with Crippen LogP contribution in [0.4, 0.5) is 0 Å². The Hall–Kier alpha value is -2.45. The molecule has 1 rings (SSSR count). The number of carbonyl (C=O) groups is 3. The van der Waals surface area contributed by atoms with Crippen molar-refractivity contribution < 1.29 is 19.5 Å². The van der Waals surface area contributed by atoms with E-state index in [0.717, 1.165) is 5.56 Å². The van der Waals surface area contributed by atoms with E-state index in [4.69, 9.17) is 11.5 Å². The number of benzene rings is 1. The SMILES string of the molecule is CC(C)C(N)C(=O)NC(Cc1ccccc1)C(=O)N[C@H](CCCCN)C(=O)O. The fourth-order valence-corrected chi connectivity index (χ4v) is 2.65. The molecule has 0 bridgehead atoms. The highest BCUT2D eigenvalue weighted by Gasteiger charge is 2.28. The molecule has 2 amide bonds. The molecule has 156 valence electrons. The lowest BCUT2D eigenvalue weighted by Crippen LogP contribution is -2.56. The van der Waals surface area contributed by atoms with Gasteiger partial charge in [0.25, 0.3) is 0 Å². The molecular weight excluding hydrogens is 360 g/mol. The number of hydrogen-bond acceptors (Lipinski definition) is 5. The van der Waals surface area contributed by atoms with Gasteiger partial charge in [0, 0.05) is 6.42 Å². The summed E-state index contributed by atoms with van der Waals surface area (Å²) in [5, 5.41) is 14.6. The van der Waals surface area contributed by atoms with Gasteiger partial charge in [0.2, 0.25) is 11.8 Å². The van der Waals surface area contributed by atoms with Crippen molar-refractivity contribution in [1.29, 1.82) is 0 Å². The molecular formula is C20H32N4O4. The lowest BCUT2D eigenvalue weighted by molar-refractivity contribution is -0.142. The summed E-state index contributed by atoms with van der Waals surface area (Å²) >= 11 is 0. The minimum absolute atomic E-state index is 0.0940. The predicted molar refractivity (Wildman–Crippen MR) is 107 cm³/mol. The van der Waals surface area contributed by atoms with Crippen LogP contribution >= 0.6 is 0 Å². The Labute approximate surface area is 166 Å². The van der Waals surface area contributed by atoms with Crippen molar-refractivity contribution in [1.82, 2.24) is 10.6 Å². The van der Waals surface area contributed by atoms with E-state index >= 15 is 0 Å². The van der Waals surface area contributed by atoms with Gasteiger partial charge < -0.3 is 27.2 Å². The first-order valence-electron chi connectivity index (χ1n) is 9.59. The molecule has 0 spiro atoms. The quantitative estimate of drug-likeness (QED) is 0.325. The van der Waals surface area contributed by atoms with Crippen LogP contribution in [0.1, 0.15) is 38.7 Å². The second kappa shape index (κ2) is 12.1. The Kier molecular flexibility index (Phi) is 10.2. The molecule has 1 aromatic rings. The van der Waals surface area contributed by atoms with Crippen molar-refractivity contribution in [2.75, 3.05) is 6.54 Å². The average molecular weight is 393 g/mol. The van der Waals surface area contributed by atoms with E-state index in [2.05, 4.69) is 10.6 Å². The maximum absolute atomic E-state index is 12.8. The van der Waals surface area contributed by atoms with E-state index in [-0.39, 0.29) is 18.8 Å². The van der Waals surface area contributed by atoms with Crippen molar-refractivity contribution in [3.8, 4) is 0 Å². The second-order valence-electron chi connectivity index (χ2n) is 7.20. The largest absolute Gasteiger partial charge is 0.480 e. The molecule has 3 atom stereocenters. The summed E-state index contributed by atoms with van der Waals surface area (Å²) in [7, 11) is 0. The highest BCUT2D eigenvalue weighted by atomic mass is 16.4. The number of carboxylic acids is 1. The Balaban J connectivity index is 2.90. The Morgan fingerprint density at radius 1 is 1.00 bits per heavy atom. The van der Waals surface area contributed by atoms with Crippen molar-refractivity contribution in [2.45, 2.75) is 57.7 Å². The van der Waals surface area contributed by atoms with E-state index in [1.54, 1.807) is 0 Å². The summed E-state index contributed by atoms with van der Waals surface area (Å²) in [5.74, 6) is -2.20. The molecule has 28 heavy (non-hydrogen) atoms. The monoisotopic (exact) mass is 392 g/mol. The third-order valence-corrected chi connectivity index (χ3v) is 4.50. The van der Waals surface area contributed by atoms with Crippen LogP contribution in [0.25, 0.3) is 0 Å². The minimum Gasteiger partial charge on any atom is -0.480 e. The number of nitrogens with two attached hydrogens (primary N) is 2. The fraction of sp³-hybridized carbons (Fsp3) is 0.550. The number of unbranched alkanes of at least 4 members (excludes halogenated alkanes) is 1. The first kappa shape index (κ1) is 23.6. The number of amides is 2. The summed E-state index contributed by atoms with van der Waals surface area (Å²) in [5.41, 5.74) is 12.2. The number of carboxylic acid groups (broad SMARTS) is 1. The lowest BCUT2D eigenvalue weighted by Gasteiger charge is -2.24. The van der Waals surface area contributed by atoms with Crippen LogP contribution in [0.3, 0.4) is 0 Å². The first-order valence-corrected chi connectivity index (χ1v) is 9.59. The summed E-state index contributed by atoms with van der Waals surface area (Å²) in [6.07, 6.45) is 1.77. The Bertz CT molecular complexity index is 636. The van der Waals surface area contributed by atoms with Crippen LogP contribution in [0.5, 0.6) is 0 Å². The maximum atomic E-state index is 12.8. The lowest BCUT2D eigenvalue weighted by atomic mass is 10.0. The van der Waals surface area contributed by atoms with E-state index in [9.17, 15) is 19.5 Å². The van der Waals surface area contributed by atoms with Gasteiger partial charge in [-0.3, -0.25) is 9.59 Å². The number of nitrogens with one attached hydrogen (secondary N) is 2. The second-order valence-corrected chi connectivity index (χ2v) is 7.20. The van der Waals surface area contributed by atoms with E-state index in [1.165, 1.54) is 0 Å². The number of carbonyl (C=O) groups excluding carboxylic acids is 2. The zero-order valence-corrected chi connectivity index (χ0v) is 16.6. The van der Waals surface area contributed by atoms with E-state index in [1.807, 2.05) is 44.2 Å². The smallest absolute Gasteiger partial charge is 0.326 e. The molecule has 0 fully saturated rings. The predicted octanol–water partition coefficient (Wildman–Crippen LogP) is 0.396. The molecule has 0 aliphatic carbocycles. The fourth-order valence-electron chi connectivity index (χ4n) is 2.65. The number of rotatable bonds is 12. The topological polar surface area (TPSA) is 148 Å². The van der Waals surface area contributed by atoms with Crippen molar-refractivity contribution in [2.24, 2.45) is 17.4 Å². The van der Waals surface area contributed by atoms with Gasteiger partial charge in [0.15, 0.2) is 0 Å². The van der Waals surface area contributed by atoms with Crippen LogP contribution in [0.2, 0.25) is 0 Å². The molecule has 0 aromatic heterocycles. The molecule has 8 nitrogen and oxygen atoms in total. The summed E-state index contributed by atoms with van der Waals surface area (Å²) in [4.78, 5) is 36.6. The van der Waals surface area contributed by atoms with Crippen molar-refractivity contribution in [3.05, 3.63) is 35.9 Å². The van der Waals surface area contributed by atoms with Crippen molar-refractivity contribution in [3.63, 3.8) is 0 Å². The maximum Gasteiger partial charge on any atom is 0.326 e. The van der Waals surface area contributed by atoms with E-state index in [0.29, 0.717) is 19.4 Å². The molecule has 0 heterocycles. The van der Waals surface area contributed by atoms with Gasteiger partial charge in [-0.1, -0.05) is 44.2 Å². The van der Waals surface area contributed by atoms with Gasteiger partial charge in [-0.2, -0.15) is 0 Å². The Morgan fingerprint density at radius 3 is 2.14 bits per heavy atom. The zero-order chi connectivity index (χ0) is 21.1. The third kappa shape index (κ3) is 8.06. The summed E-state index contributed by atoms with van der Waals surface area (Å²) in [6, 6.07) is 6.48. The number of aliphatic carboxylic acids is 1. The van der Waals surface area contributed by atoms with Gasteiger partial charge >= 0.3 is 5.97 Å². The van der Waals surface area contributed by atoms with Gasteiger partial charge in [-0.05, 0) is 37.3 Å². The standard InChI is InChI=1S/C20H32N4O4/c1-13(2)17(22)19(26)24-16(12-14-8-4-3-5-9-14)18(25)23-15(20(27)28)10-6-7-11-21/h3-5,8-9,13,15-17H,6-7,10-12,21-22H2,1-2H3,(H,23,25)(H,24,26)(H,27,28)/t15-,16?,17?/m1/s1. The Morgan fingerprint density at radius 2 is 1.61 bits per heavy atom. The van der Waals surface area contributed by atoms with Gasteiger partial charge in [0.05, 0.1) is 6.04 Å².